The molecule has 1 aromatic rings. The van der Waals surface area contributed by atoms with E-state index in [1.54, 1.807) is 0 Å². The van der Waals surface area contributed by atoms with Gasteiger partial charge in [0.25, 0.3) is 0 Å². The Bertz CT molecular complexity index is 463. The molecule has 0 aliphatic carbocycles. The van der Waals surface area contributed by atoms with Crippen molar-refractivity contribution in [1.82, 2.24) is 4.90 Å². The number of carbonyl (C=O) groups excluding carboxylic acids is 1. The lowest BCUT2D eigenvalue weighted by atomic mass is 10.1. The van der Waals surface area contributed by atoms with Crippen LogP contribution in [0.15, 0.2) is 18.2 Å². The topological polar surface area (TPSA) is 35.6 Å². The number of benzene rings is 1. The van der Waals surface area contributed by atoms with Gasteiger partial charge in [0.05, 0.1) is 0 Å². The third kappa shape index (κ3) is 3.65. The van der Waals surface area contributed by atoms with Crippen LogP contribution < -0.4 is 10.2 Å². The Morgan fingerprint density at radius 3 is 2.40 bits per heavy atom. The SMILES string of the molecule is Cc1ccc(NC(=O)N2CCCCCC2)cc1N(C)C. The van der Waals surface area contributed by atoms with E-state index in [1.807, 2.05) is 37.2 Å². The number of likely N-dealkylation sites (tertiary alicyclic amines) is 1. The number of hydrogen-bond donors (Lipinski definition) is 1. The third-order valence-corrected chi connectivity index (χ3v) is 3.84. The monoisotopic (exact) mass is 275 g/mol. The highest BCUT2D eigenvalue weighted by atomic mass is 16.2. The average Bonchev–Trinajstić information content (AvgIpc) is 2.69. The van der Waals surface area contributed by atoms with Crippen molar-refractivity contribution in [2.75, 3.05) is 37.4 Å². The third-order valence-electron chi connectivity index (χ3n) is 3.84. The Morgan fingerprint density at radius 2 is 1.80 bits per heavy atom. The smallest absolute Gasteiger partial charge is 0.321 e. The average molecular weight is 275 g/mol. The summed E-state index contributed by atoms with van der Waals surface area (Å²) in [5.41, 5.74) is 3.22. The molecule has 0 bridgehead atoms. The molecule has 0 atom stereocenters. The highest BCUT2D eigenvalue weighted by Crippen LogP contribution is 2.23. The Kier molecular flexibility index (Phi) is 4.88. The van der Waals surface area contributed by atoms with Crippen LogP contribution in [0, 0.1) is 6.92 Å². The first-order valence-electron chi connectivity index (χ1n) is 7.42. The zero-order chi connectivity index (χ0) is 14.5. The fourth-order valence-corrected chi connectivity index (χ4v) is 2.65. The Balaban J connectivity index is 2.05. The predicted octanol–water partition coefficient (Wildman–Crippen LogP) is 3.47. The number of nitrogens with zero attached hydrogens (tertiary/aromatic N) is 2. The molecular formula is C16H25N3O. The molecule has 2 rings (SSSR count). The van der Waals surface area contributed by atoms with Gasteiger partial charge < -0.3 is 15.1 Å². The summed E-state index contributed by atoms with van der Waals surface area (Å²) in [6, 6.07) is 6.08. The van der Waals surface area contributed by atoms with E-state index in [0.717, 1.165) is 37.3 Å². The van der Waals surface area contributed by atoms with Gasteiger partial charge in [0.1, 0.15) is 0 Å². The predicted molar refractivity (Wildman–Crippen MR) is 84.6 cm³/mol. The summed E-state index contributed by atoms with van der Waals surface area (Å²) in [6.45, 7) is 3.83. The molecule has 1 aliphatic rings. The Labute approximate surface area is 121 Å². The van der Waals surface area contributed by atoms with Gasteiger partial charge in [-0.05, 0) is 37.5 Å². The van der Waals surface area contributed by atoms with E-state index >= 15 is 0 Å². The zero-order valence-electron chi connectivity index (χ0n) is 12.8. The van der Waals surface area contributed by atoms with Gasteiger partial charge >= 0.3 is 6.03 Å². The van der Waals surface area contributed by atoms with Crippen molar-refractivity contribution in [3.63, 3.8) is 0 Å². The zero-order valence-corrected chi connectivity index (χ0v) is 12.8. The number of urea groups is 1. The van der Waals surface area contributed by atoms with E-state index in [9.17, 15) is 4.79 Å². The molecule has 0 spiro atoms. The van der Waals surface area contributed by atoms with Crippen molar-refractivity contribution in [1.29, 1.82) is 0 Å². The van der Waals surface area contributed by atoms with E-state index in [0.29, 0.717) is 0 Å². The minimum Gasteiger partial charge on any atom is -0.377 e. The van der Waals surface area contributed by atoms with Crippen molar-refractivity contribution in [2.24, 2.45) is 0 Å². The molecule has 0 saturated carbocycles. The lowest BCUT2D eigenvalue weighted by Crippen LogP contribution is -2.35. The molecule has 4 heteroatoms. The summed E-state index contributed by atoms with van der Waals surface area (Å²) in [4.78, 5) is 16.3. The van der Waals surface area contributed by atoms with Crippen LogP contribution in [0.5, 0.6) is 0 Å². The number of hydrogen-bond acceptors (Lipinski definition) is 2. The molecular weight excluding hydrogens is 250 g/mol. The number of nitrogens with one attached hydrogen (secondary N) is 1. The lowest BCUT2D eigenvalue weighted by molar-refractivity contribution is 0.214. The van der Waals surface area contributed by atoms with Gasteiger partial charge in [0, 0.05) is 38.6 Å². The van der Waals surface area contributed by atoms with Gasteiger partial charge in [0.2, 0.25) is 0 Å². The van der Waals surface area contributed by atoms with Crippen molar-refractivity contribution in [2.45, 2.75) is 32.6 Å². The number of amides is 2. The van der Waals surface area contributed by atoms with E-state index in [4.69, 9.17) is 0 Å². The number of anilines is 2. The molecule has 0 radical (unpaired) electrons. The van der Waals surface area contributed by atoms with E-state index in [1.165, 1.54) is 18.4 Å². The first kappa shape index (κ1) is 14.7. The highest BCUT2D eigenvalue weighted by Gasteiger charge is 2.15. The molecule has 1 saturated heterocycles. The number of rotatable bonds is 2. The molecule has 0 unspecified atom stereocenters. The van der Waals surface area contributed by atoms with Crippen molar-refractivity contribution in [3.05, 3.63) is 23.8 Å². The van der Waals surface area contributed by atoms with Crippen LogP contribution in [-0.2, 0) is 0 Å². The molecule has 1 N–H and O–H groups in total. The molecule has 110 valence electrons. The molecule has 1 aromatic carbocycles. The van der Waals surface area contributed by atoms with Gasteiger partial charge in [-0.3, -0.25) is 0 Å². The molecule has 1 aliphatic heterocycles. The summed E-state index contributed by atoms with van der Waals surface area (Å²) in [7, 11) is 4.03. The molecule has 1 fully saturated rings. The maximum absolute atomic E-state index is 12.3. The Morgan fingerprint density at radius 1 is 1.15 bits per heavy atom. The molecule has 20 heavy (non-hydrogen) atoms. The minimum absolute atomic E-state index is 0.0282. The van der Waals surface area contributed by atoms with Crippen LogP contribution in [0.4, 0.5) is 16.2 Å². The van der Waals surface area contributed by atoms with Crippen LogP contribution >= 0.6 is 0 Å². The second-order valence-corrected chi connectivity index (χ2v) is 5.73. The molecule has 4 nitrogen and oxygen atoms in total. The van der Waals surface area contributed by atoms with Crippen LogP contribution in [0.1, 0.15) is 31.2 Å². The fourth-order valence-electron chi connectivity index (χ4n) is 2.65. The first-order valence-corrected chi connectivity index (χ1v) is 7.42. The van der Waals surface area contributed by atoms with Crippen molar-refractivity contribution in [3.8, 4) is 0 Å². The fraction of sp³-hybridized carbons (Fsp3) is 0.562. The van der Waals surface area contributed by atoms with E-state index < -0.39 is 0 Å². The number of carbonyl (C=O) groups is 1. The summed E-state index contributed by atoms with van der Waals surface area (Å²) >= 11 is 0. The van der Waals surface area contributed by atoms with Gasteiger partial charge in [-0.25, -0.2) is 4.79 Å². The highest BCUT2D eigenvalue weighted by molar-refractivity contribution is 5.90. The molecule has 2 amide bonds. The van der Waals surface area contributed by atoms with Crippen molar-refractivity contribution >= 4 is 17.4 Å². The van der Waals surface area contributed by atoms with Crippen molar-refractivity contribution < 1.29 is 4.79 Å². The summed E-state index contributed by atoms with van der Waals surface area (Å²) in [6.07, 6.45) is 4.70. The standard InChI is InChI=1S/C16H25N3O/c1-13-8-9-14(12-15(13)18(2)3)17-16(20)19-10-6-4-5-7-11-19/h8-9,12H,4-7,10-11H2,1-3H3,(H,17,20). The summed E-state index contributed by atoms with van der Waals surface area (Å²) < 4.78 is 0. The van der Waals surface area contributed by atoms with Gasteiger partial charge in [-0.15, -0.1) is 0 Å². The molecule has 0 aromatic heterocycles. The van der Waals surface area contributed by atoms with Gasteiger partial charge in [0.15, 0.2) is 0 Å². The van der Waals surface area contributed by atoms with Crippen LogP contribution in [-0.4, -0.2) is 38.1 Å². The van der Waals surface area contributed by atoms with E-state index in [-0.39, 0.29) is 6.03 Å². The quantitative estimate of drug-likeness (QED) is 0.897. The van der Waals surface area contributed by atoms with Crippen LogP contribution in [0.25, 0.3) is 0 Å². The maximum Gasteiger partial charge on any atom is 0.321 e. The summed E-state index contributed by atoms with van der Waals surface area (Å²) in [5, 5.41) is 3.02. The largest absolute Gasteiger partial charge is 0.377 e. The van der Waals surface area contributed by atoms with Gasteiger partial charge in [-0.1, -0.05) is 18.9 Å². The van der Waals surface area contributed by atoms with Gasteiger partial charge in [-0.2, -0.15) is 0 Å². The minimum atomic E-state index is 0.0282. The number of aryl methyl sites for hydroxylation is 1. The lowest BCUT2D eigenvalue weighted by Gasteiger charge is -2.22. The molecule has 1 heterocycles. The maximum atomic E-state index is 12.3. The van der Waals surface area contributed by atoms with Crippen LogP contribution in [0.2, 0.25) is 0 Å². The normalized spacial score (nSPS) is 15.7. The second kappa shape index (κ2) is 6.64. The van der Waals surface area contributed by atoms with E-state index in [2.05, 4.69) is 17.1 Å². The van der Waals surface area contributed by atoms with Crippen LogP contribution in [0.3, 0.4) is 0 Å². The Hall–Kier alpha value is -1.71. The first-order chi connectivity index (χ1) is 9.58. The summed E-state index contributed by atoms with van der Waals surface area (Å²) in [5.74, 6) is 0. The second-order valence-electron chi connectivity index (χ2n) is 5.73.